The van der Waals surface area contributed by atoms with E-state index in [4.69, 9.17) is 5.73 Å². The van der Waals surface area contributed by atoms with Gasteiger partial charge in [-0.2, -0.15) is 0 Å². The van der Waals surface area contributed by atoms with Gasteiger partial charge in [0.05, 0.1) is 13.2 Å². The third-order valence-electron chi connectivity index (χ3n) is 2.11. The number of hydrogen-bond acceptors (Lipinski definition) is 4. The van der Waals surface area contributed by atoms with Crippen molar-refractivity contribution in [2.24, 2.45) is 5.73 Å². The van der Waals surface area contributed by atoms with Crippen molar-refractivity contribution in [3.05, 3.63) is 35.4 Å². The minimum atomic E-state index is -1.62. The third kappa shape index (κ3) is 2.53. The second-order valence-corrected chi connectivity index (χ2v) is 3.17. The predicted octanol–water partition coefficient (Wildman–Crippen LogP) is 0.499. The maximum Gasteiger partial charge on any atom is 0.336 e. The van der Waals surface area contributed by atoms with Crippen LogP contribution in [0.25, 0.3) is 0 Å². The normalized spacial score (nSPS) is 14.3. The van der Waals surface area contributed by atoms with Gasteiger partial charge < -0.3 is 15.6 Å². The van der Waals surface area contributed by atoms with E-state index in [9.17, 15) is 18.7 Å². The first-order valence-corrected chi connectivity index (χ1v) is 4.43. The molecule has 2 unspecified atom stereocenters. The zero-order valence-corrected chi connectivity index (χ0v) is 8.48. The summed E-state index contributed by atoms with van der Waals surface area (Å²) in [7, 11) is 1.09. The number of carbonyl (C=O) groups excluding carboxylic acids is 1. The summed E-state index contributed by atoms with van der Waals surface area (Å²) in [5.74, 6) is -3.05. The standard InChI is InChI=1S/C10H11F2NO3/c1-16-10(15)9(14)8(13)5-2-3-6(11)7(12)4-5/h2-4,8-9,14H,13H2,1H3. The molecule has 0 aliphatic carbocycles. The summed E-state index contributed by atoms with van der Waals surface area (Å²) >= 11 is 0. The molecule has 1 rings (SSSR count). The molecule has 1 aromatic rings. The van der Waals surface area contributed by atoms with Crippen molar-refractivity contribution in [2.75, 3.05) is 7.11 Å². The zero-order valence-electron chi connectivity index (χ0n) is 8.48. The second kappa shape index (κ2) is 5.00. The maximum atomic E-state index is 12.9. The van der Waals surface area contributed by atoms with Crippen molar-refractivity contribution in [3.8, 4) is 0 Å². The van der Waals surface area contributed by atoms with Gasteiger partial charge in [0.1, 0.15) is 0 Å². The molecular weight excluding hydrogens is 220 g/mol. The number of aliphatic hydroxyl groups is 1. The summed E-state index contributed by atoms with van der Waals surface area (Å²) < 4.78 is 29.7. The lowest BCUT2D eigenvalue weighted by molar-refractivity contribution is -0.151. The number of nitrogens with two attached hydrogens (primary N) is 1. The highest BCUT2D eigenvalue weighted by molar-refractivity contribution is 5.75. The Bertz CT molecular complexity index is 398. The van der Waals surface area contributed by atoms with Crippen LogP contribution < -0.4 is 5.73 Å². The molecule has 0 aliphatic rings. The number of halogens is 2. The second-order valence-electron chi connectivity index (χ2n) is 3.17. The van der Waals surface area contributed by atoms with Crippen LogP contribution in [0.5, 0.6) is 0 Å². The Kier molecular flexibility index (Phi) is 3.92. The molecule has 0 radical (unpaired) electrons. The van der Waals surface area contributed by atoms with Gasteiger partial charge >= 0.3 is 5.97 Å². The fraction of sp³-hybridized carbons (Fsp3) is 0.300. The van der Waals surface area contributed by atoms with E-state index in [1.165, 1.54) is 6.07 Å². The molecule has 0 aromatic heterocycles. The van der Waals surface area contributed by atoms with Crippen molar-refractivity contribution in [3.63, 3.8) is 0 Å². The van der Waals surface area contributed by atoms with Gasteiger partial charge in [0.25, 0.3) is 0 Å². The van der Waals surface area contributed by atoms with Crippen molar-refractivity contribution in [1.82, 2.24) is 0 Å². The summed E-state index contributed by atoms with van der Waals surface area (Å²) in [5.41, 5.74) is 5.60. The van der Waals surface area contributed by atoms with Crippen LogP contribution in [0.3, 0.4) is 0 Å². The van der Waals surface area contributed by atoms with Gasteiger partial charge in [-0.3, -0.25) is 0 Å². The molecule has 4 nitrogen and oxygen atoms in total. The predicted molar refractivity (Wildman–Crippen MR) is 51.3 cm³/mol. The Morgan fingerprint density at radius 3 is 2.56 bits per heavy atom. The van der Waals surface area contributed by atoms with Crippen molar-refractivity contribution in [2.45, 2.75) is 12.1 Å². The van der Waals surface area contributed by atoms with Crippen LogP contribution in [0.1, 0.15) is 11.6 Å². The van der Waals surface area contributed by atoms with Crippen LogP contribution in [0, 0.1) is 11.6 Å². The number of methoxy groups -OCH3 is 1. The van der Waals surface area contributed by atoms with Crippen LogP contribution in [0.4, 0.5) is 8.78 Å². The van der Waals surface area contributed by atoms with Gasteiger partial charge in [0, 0.05) is 0 Å². The largest absolute Gasteiger partial charge is 0.467 e. The smallest absolute Gasteiger partial charge is 0.336 e. The highest BCUT2D eigenvalue weighted by atomic mass is 19.2. The van der Waals surface area contributed by atoms with E-state index in [-0.39, 0.29) is 5.56 Å². The van der Waals surface area contributed by atoms with E-state index in [1.54, 1.807) is 0 Å². The fourth-order valence-electron chi connectivity index (χ4n) is 1.17. The number of hydrogen-bond donors (Lipinski definition) is 2. The molecule has 0 aliphatic heterocycles. The number of carbonyl (C=O) groups is 1. The molecule has 88 valence electrons. The van der Waals surface area contributed by atoms with Gasteiger partial charge in [-0.05, 0) is 17.7 Å². The fourth-order valence-corrected chi connectivity index (χ4v) is 1.17. The molecule has 0 saturated carbocycles. The van der Waals surface area contributed by atoms with Gasteiger partial charge in [0.15, 0.2) is 17.7 Å². The summed E-state index contributed by atoms with van der Waals surface area (Å²) in [6, 6.07) is 1.72. The van der Waals surface area contributed by atoms with Crippen molar-refractivity contribution in [1.29, 1.82) is 0 Å². The highest BCUT2D eigenvalue weighted by Crippen LogP contribution is 2.17. The lowest BCUT2D eigenvalue weighted by Gasteiger charge is -2.16. The Hall–Kier alpha value is -1.53. The first kappa shape index (κ1) is 12.5. The van der Waals surface area contributed by atoms with Crippen LogP contribution in [0.15, 0.2) is 18.2 Å². The highest BCUT2D eigenvalue weighted by Gasteiger charge is 2.25. The number of rotatable bonds is 3. The summed E-state index contributed by atoms with van der Waals surface area (Å²) in [4.78, 5) is 11.0. The van der Waals surface area contributed by atoms with Gasteiger partial charge in [-0.25, -0.2) is 13.6 Å². The molecule has 16 heavy (non-hydrogen) atoms. The van der Waals surface area contributed by atoms with E-state index in [1.807, 2.05) is 0 Å². The molecule has 0 amide bonds. The third-order valence-corrected chi connectivity index (χ3v) is 2.11. The molecule has 0 bridgehead atoms. The Labute approximate surface area is 90.6 Å². The number of ether oxygens (including phenoxy) is 1. The molecule has 0 heterocycles. The first-order valence-electron chi connectivity index (χ1n) is 4.43. The van der Waals surface area contributed by atoms with Gasteiger partial charge in [0.2, 0.25) is 0 Å². The van der Waals surface area contributed by atoms with E-state index in [0.29, 0.717) is 0 Å². The van der Waals surface area contributed by atoms with E-state index in [0.717, 1.165) is 19.2 Å². The SMILES string of the molecule is COC(=O)C(O)C(N)c1ccc(F)c(F)c1. The van der Waals surface area contributed by atoms with E-state index < -0.39 is 29.7 Å². The average molecular weight is 231 g/mol. The summed E-state index contributed by atoms with van der Waals surface area (Å²) in [6.07, 6.45) is -1.62. The monoisotopic (exact) mass is 231 g/mol. The number of esters is 1. The number of aliphatic hydroxyl groups excluding tert-OH is 1. The van der Waals surface area contributed by atoms with E-state index >= 15 is 0 Å². The minimum absolute atomic E-state index is 0.108. The van der Waals surface area contributed by atoms with Crippen LogP contribution >= 0.6 is 0 Å². The maximum absolute atomic E-state index is 12.9. The lowest BCUT2D eigenvalue weighted by Crippen LogP contribution is -2.34. The molecule has 0 saturated heterocycles. The zero-order chi connectivity index (χ0) is 12.3. The average Bonchev–Trinajstić information content (AvgIpc) is 2.29. The first-order chi connectivity index (χ1) is 7.47. The van der Waals surface area contributed by atoms with Crippen molar-refractivity contribution >= 4 is 5.97 Å². The van der Waals surface area contributed by atoms with Gasteiger partial charge in [-0.1, -0.05) is 6.07 Å². The Morgan fingerprint density at radius 2 is 2.06 bits per heavy atom. The molecule has 2 atom stereocenters. The molecule has 0 fully saturated rings. The molecule has 0 spiro atoms. The lowest BCUT2D eigenvalue weighted by atomic mass is 10.0. The van der Waals surface area contributed by atoms with E-state index in [2.05, 4.69) is 4.74 Å². The van der Waals surface area contributed by atoms with Crippen LogP contribution in [-0.2, 0) is 9.53 Å². The van der Waals surface area contributed by atoms with Crippen LogP contribution in [-0.4, -0.2) is 24.3 Å². The van der Waals surface area contributed by atoms with Gasteiger partial charge in [-0.15, -0.1) is 0 Å². The summed E-state index contributed by atoms with van der Waals surface area (Å²) in [6.45, 7) is 0. The Balaban J connectivity index is 2.91. The quantitative estimate of drug-likeness (QED) is 0.743. The van der Waals surface area contributed by atoms with Crippen LogP contribution in [0.2, 0.25) is 0 Å². The van der Waals surface area contributed by atoms with Crippen molar-refractivity contribution < 1.29 is 23.4 Å². The number of benzene rings is 1. The topological polar surface area (TPSA) is 72.5 Å². The Morgan fingerprint density at radius 1 is 1.44 bits per heavy atom. The summed E-state index contributed by atoms with van der Waals surface area (Å²) in [5, 5.41) is 9.38. The molecule has 6 heteroatoms. The molecular formula is C10H11F2NO3. The molecule has 3 N–H and O–H groups in total. The molecule has 1 aromatic carbocycles. The minimum Gasteiger partial charge on any atom is -0.467 e.